The van der Waals surface area contributed by atoms with Crippen LogP contribution >= 0.6 is 0 Å². The average Bonchev–Trinajstić information content (AvgIpc) is 2.36. The minimum atomic E-state index is -3.48. The number of nitrogens with one attached hydrogen (secondary N) is 1. The van der Waals surface area contributed by atoms with Crippen molar-refractivity contribution in [3.8, 4) is 0 Å². The van der Waals surface area contributed by atoms with Crippen LogP contribution in [0.5, 0.6) is 0 Å². The van der Waals surface area contributed by atoms with E-state index in [0.717, 1.165) is 12.8 Å². The first-order valence-electron chi connectivity index (χ1n) is 5.75. The van der Waals surface area contributed by atoms with Gasteiger partial charge >= 0.3 is 0 Å². The number of hydrogen-bond donors (Lipinski definition) is 2. The second-order valence-electron chi connectivity index (χ2n) is 3.94. The third-order valence-corrected chi connectivity index (χ3v) is 4.22. The monoisotopic (exact) mass is 257 g/mol. The van der Waals surface area contributed by atoms with E-state index in [-0.39, 0.29) is 17.5 Å². The molecule has 0 fully saturated rings. The number of aliphatic hydroxyl groups excluding tert-OH is 1. The maximum atomic E-state index is 12.0. The Balaban J connectivity index is 2.96. The van der Waals surface area contributed by atoms with Crippen LogP contribution in [0.1, 0.15) is 32.3 Å². The van der Waals surface area contributed by atoms with Gasteiger partial charge in [0.2, 0.25) is 10.0 Å². The molecule has 96 valence electrons. The highest BCUT2D eigenvalue weighted by atomic mass is 32.2. The first-order valence-corrected chi connectivity index (χ1v) is 7.24. The van der Waals surface area contributed by atoms with Gasteiger partial charge in [0.15, 0.2) is 0 Å². The lowest BCUT2D eigenvalue weighted by atomic mass is 10.2. The molecule has 0 amide bonds. The second-order valence-corrected chi connectivity index (χ2v) is 5.65. The predicted molar refractivity (Wildman–Crippen MR) is 67.1 cm³/mol. The first-order chi connectivity index (χ1) is 8.03. The van der Waals surface area contributed by atoms with Crippen molar-refractivity contribution in [3.05, 3.63) is 29.8 Å². The molecule has 0 spiro atoms. The molecule has 0 heterocycles. The lowest BCUT2D eigenvalue weighted by Gasteiger charge is -2.15. The molecule has 5 heteroatoms. The van der Waals surface area contributed by atoms with E-state index in [1.807, 2.05) is 13.8 Å². The summed E-state index contributed by atoms with van der Waals surface area (Å²) in [6.07, 6.45) is 1.52. The largest absolute Gasteiger partial charge is 0.392 e. The lowest BCUT2D eigenvalue weighted by molar-refractivity contribution is 0.281. The second kappa shape index (κ2) is 6.14. The molecule has 1 rings (SSSR count). The summed E-state index contributed by atoms with van der Waals surface area (Å²) in [4.78, 5) is 0.205. The van der Waals surface area contributed by atoms with E-state index in [1.54, 1.807) is 12.1 Å². The quantitative estimate of drug-likeness (QED) is 0.814. The molecular weight excluding hydrogens is 238 g/mol. The van der Waals surface area contributed by atoms with Crippen LogP contribution in [0.4, 0.5) is 0 Å². The highest BCUT2D eigenvalue weighted by molar-refractivity contribution is 7.89. The third kappa shape index (κ3) is 3.80. The zero-order valence-corrected chi connectivity index (χ0v) is 11.0. The number of rotatable bonds is 6. The highest BCUT2D eigenvalue weighted by Crippen LogP contribution is 2.13. The van der Waals surface area contributed by atoms with E-state index in [0.29, 0.717) is 5.56 Å². The third-order valence-electron chi connectivity index (χ3n) is 2.70. The molecule has 0 radical (unpaired) electrons. The van der Waals surface area contributed by atoms with Gasteiger partial charge in [-0.3, -0.25) is 0 Å². The lowest BCUT2D eigenvalue weighted by Crippen LogP contribution is -2.33. The van der Waals surface area contributed by atoms with Crippen LogP contribution in [0, 0.1) is 0 Å². The van der Waals surface area contributed by atoms with Crippen molar-refractivity contribution >= 4 is 10.0 Å². The Morgan fingerprint density at radius 1 is 1.29 bits per heavy atom. The molecular formula is C12H19NO3S. The standard InChI is InChI=1S/C12H19NO3S/c1-3-11(4-2)13-17(15,16)12-7-5-6-10(8-12)9-14/h5-8,11,13-14H,3-4,9H2,1-2H3. The minimum absolute atomic E-state index is 0.0437. The van der Waals surface area contributed by atoms with Crippen LogP contribution in [0.2, 0.25) is 0 Å². The van der Waals surface area contributed by atoms with Crippen LogP contribution < -0.4 is 4.72 Å². The number of sulfonamides is 1. The van der Waals surface area contributed by atoms with Crippen LogP contribution in [-0.4, -0.2) is 19.6 Å². The van der Waals surface area contributed by atoms with E-state index < -0.39 is 10.0 Å². The van der Waals surface area contributed by atoms with E-state index in [2.05, 4.69) is 4.72 Å². The van der Waals surface area contributed by atoms with Gasteiger partial charge in [0.05, 0.1) is 11.5 Å². The van der Waals surface area contributed by atoms with Gasteiger partial charge in [0.25, 0.3) is 0 Å². The molecule has 0 aromatic heterocycles. The highest BCUT2D eigenvalue weighted by Gasteiger charge is 2.17. The van der Waals surface area contributed by atoms with Crippen LogP contribution in [0.25, 0.3) is 0 Å². The minimum Gasteiger partial charge on any atom is -0.392 e. The van der Waals surface area contributed by atoms with Gasteiger partial charge in [-0.25, -0.2) is 13.1 Å². The molecule has 0 unspecified atom stereocenters. The molecule has 1 aromatic rings. The van der Waals surface area contributed by atoms with Gasteiger partial charge in [-0.2, -0.15) is 0 Å². The normalized spacial score (nSPS) is 12.0. The Bertz CT molecular complexity index is 453. The Morgan fingerprint density at radius 3 is 2.47 bits per heavy atom. The van der Waals surface area contributed by atoms with E-state index in [9.17, 15) is 8.42 Å². The van der Waals surface area contributed by atoms with Gasteiger partial charge in [-0.15, -0.1) is 0 Å². The molecule has 0 aliphatic heterocycles. The number of hydrogen-bond acceptors (Lipinski definition) is 3. The summed E-state index contributed by atoms with van der Waals surface area (Å²) < 4.78 is 26.7. The Hall–Kier alpha value is -0.910. The molecule has 4 nitrogen and oxygen atoms in total. The first kappa shape index (κ1) is 14.2. The topological polar surface area (TPSA) is 66.4 Å². The van der Waals surface area contributed by atoms with Gasteiger partial charge in [-0.05, 0) is 30.5 Å². The van der Waals surface area contributed by atoms with Crippen LogP contribution in [0.15, 0.2) is 29.2 Å². The van der Waals surface area contributed by atoms with E-state index in [4.69, 9.17) is 5.11 Å². The van der Waals surface area contributed by atoms with E-state index in [1.165, 1.54) is 12.1 Å². The van der Waals surface area contributed by atoms with Gasteiger partial charge in [0, 0.05) is 6.04 Å². The number of benzene rings is 1. The summed E-state index contributed by atoms with van der Waals surface area (Å²) in [6.45, 7) is 3.73. The SMILES string of the molecule is CCC(CC)NS(=O)(=O)c1cccc(CO)c1. The molecule has 0 aliphatic rings. The Kier molecular flexibility index (Phi) is 5.11. The maximum Gasteiger partial charge on any atom is 0.240 e. The van der Waals surface area contributed by atoms with Crippen molar-refractivity contribution in [2.24, 2.45) is 0 Å². The molecule has 17 heavy (non-hydrogen) atoms. The zero-order valence-electron chi connectivity index (χ0n) is 10.2. The van der Waals surface area contributed by atoms with Crippen molar-refractivity contribution < 1.29 is 13.5 Å². The molecule has 0 atom stereocenters. The molecule has 1 aromatic carbocycles. The predicted octanol–water partition coefficient (Wildman–Crippen LogP) is 1.65. The van der Waals surface area contributed by atoms with Crippen LogP contribution in [0.3, 0.4) is 0 Å². The summed E-state index contributed by atoms with van der Waals surface area (Å²) >= 11 is 0. The molecule has 0 bridgehead atoms. The van der Waals surface area contributed by atoms with Gasteiger partial charge in [-0.1, -0.05) is 26.0 Å². The van der Waals surface area contributed by atoms with E-state index >= 15 is 0 Å². The summed E-state index contributed by atoms with van der Waals surface area (Å²) in [7, 11) is -3.48. The smallest absolute Gasteiger partial charge is 0.240 e. The van der Waals surface area contributed by atoms with Crippen molar-refractivity contribution in [1.82, 2.24) is 4.72 Å². The van der Waals surface area contributed by atoms with Crippen LogP contribution in [-0.2, 0) is 16.6 Å². The van der Waals surface area contributed by atoms with Crippen molar-refractivity contribution in [2.45, 2.75) is 44.2 Å². The van der Waals surface area contributed by atoms with Crippen molar-refractivity contribution in [1.29, 1.82) is 0 Å². The Labute approximate surface area is 103 Å². The van der Waals surface area contributed by atoms with Gasteiger partial charge in [0.1, 0.15) is 0 Å². The fraction of sp³-hybridized carbons (Fsp3) is 0.500. The Morgan fingerprint density at radius 2 is 1.94 bits per heavy atom. The molecule has 0 aliphatic carbocycles. The molecule has 0 saturated heterocycles. The van der Waals surface area contributed by atoms with Gasteiger partial charge < -0.3 is 5.11 Å². The average molecular weight is 257 g/mol. The summed E-state index contributed by atoms with van der Waals surface area (Å²) in [5.74, 6) is 0. The fourth-order valence-corrected chi connectivity index (χ4v) is 3.03. The fourth-order valence-electron chi connectivity index (χ4n) is 1.55. The van der Waals surface area contributed by atoms with Crippen molar-refractivity contribution in [3.63, 3.8) is 0 Å². The summed E-state index contributed by atoms with van der Waals surface area (Å²) in [5.41, 5.74) is 0.595. The molecule has 2 N–H and O–H groups in total. The summed E-state index contributed by atoms with van der Waals surface area (Å²) in [6, 6.07) is 6.30. The maximum absolute atomic E-state index is 12.0. The number of aliphatic hydroxyl groups is 1. The zero-order chi connectivity index (χ0) is 12.9. The van der Waals surface area contributed by atoms with Crippen molar-refractivity contribution in [2.75, 3.05) is 0 Å². The summed E-state index contributed by atoms with van der Waals surface area (Å²) in [5, 5.41) is 8.99. The molecule has 0 saturated carbocycles.